The Morgan fingerprint density at radius 1 is 1.30 bits per heavy atom. The molecule has 2 N–H and O–H groups in total. The first-order chi connectivity index (χ1) is 10.1. The van der Waals surface area contributed by atoms with Gasteiger partial charge in [-0.05, 0) is 57.0 Å². The summed E-state index contributed by atoms with van der Waals surface area (Å²) in [5.41, 5.74) is -0.760. The lowest BCUT2D eigenvalue weighted by atomic mass is 10.0. The number of alkyl halides is 3. The van der Waals surface area contributed by atoms with Gasteiger partial charge in [0, 0.05) is 12.1 Å². The fourth-order valence-electron chi connectivity index (χ4n) is 2.65. The molecular formula is C14H20ClF3N2O2S. The third kappa shape index (κ3) is 5.07. The molecule has 0 amide bonds. The number of hydrogen-bond donors (Lipinski definition) is 2. The number of nitrogens with one attached hydrogen (secondary N) is 2. The Hall–Kier alpha value is -0.830. The van der Waals surface area contributed by atoms with Crippen molar-refractivity contribution in [2.75, 3.05) is 6.54 Å². The molecule has 0 bridgehead atoms. The summed E-state index contributed by atoms with van der Waals surface area (Å²) in [6.45, 7) is 4.04. The lowest BCUT2D eigenvalue weighted by Crippen LogP contribution is -2.46. The van der Waals surface area contributed by atoms with Crippen LogP contribution in [0.4, 0.5) is 13.2 Å². The molecule has 1 aromatic carbocycles. The highest BCUT2D eigenvalue weighted by Crippen LogP contribution is 2.31. The molecule has 0 saturated carbocycles. The number of benzene rings is 1. The summed E-state index contributed by atoms with van der Waals surface area (Å²) in [6, 6.07) is 2.68. The van der Waals surface area contributed by atoms with Crippen LogP contribution in [0.5, 0.6) is 0 Å². The number of halogens is 4. The molecule has 0 aromatic heterocycles. The van der Waals surface area contributed by atoms with Gasteiger partial charge in [-0.3, -0.25) is 0 Å². The van der Waals surface area contributed by atoms with E-state index in [1.54, 1.807) is 0 Å². The van der Waals surface area contributed by atoms with Gasteiger partial charge in [0.1, 0.15) is 0 Å². The monoisotopic (exact) mass is 372 g/mol. The van der Waals surface area contributed by atoms with E-state index in [9.17, 15) is 21.6 Å². The number of aryl methyl sites for hydroxylation is 1. The van der Waals surface area contributed by atoms with Crippen LogP contribution in [-0.4, -0.2) is 27.0 Å². The van der Waals surface area contributed by atoms with Crippen LogP contribution in [0.2, 0.25) is 0 Å². The Bertz CT molecular complexity index is 650. The highest BCUT2D eigenvalue weighted by atomic mass is 35.5. The molecule has 1 aliphatic rings. The van der Waals surface area contributed by atoms with Crippen molar-refractivity contribution in [2.45, 2.75) is 49.8 Å². The average Bonchev–Trinajstić information content (AvgIpc) is 2.36. The lowest BCUT2D eigenvalue weighted by Gasteiger charge is -2.28. The van der Waals surface area contributed by atoms with E-state index in [2.05, 4.69) is 10.0 Å². The molecule has 1 aliphatic heterocycles. The molecule has 1 heterocycles. The van der Waals surface area contributed by atoms with Gasteiger partial charge >= 0.3 is 6.18 Å². The second-order valence-corrected chi connectivity index (χ2v) is 7.36. The quantitative estimate of drug-likeness (QED) is 0.857. The summed E-state index contributed by atoms with van der Waals surface area (Å²) in [7, 11) is -3.82. The second-order valence-electron chi connectivity index (χ2n) is 5.68. The van der Waals surface area contributed by atoms with E-state index < -0.39 is 21.8 Å². The number of sulfonamides is 1. The molecule has 1 fully saturated rings. The van der Waals surface area contributed by atoms with Crippen LogP contribution >= 0.6 is 12.4 Å². The first kappa shape index (κ1) is 20.2. The predicted molar refractivity (Wildman–Crippen MR) is 84.2 cm³/mol. The number of piperidine rings is 1. The largest absolute Gasteiger partial charge is 0.416 e. The van der Waals surface area contributed by atoms with Crippen molar-refractivity contribution in [3.63, 3.8) is 0 Å². The smallest absolute Gasteiger partial charge is 0.314 e. The predicted octanol–water partition coefficient (Wildman–Crippen LogP) is 2.85. The van der Waals surface area contributed by atoms with Gasteiger partial charge in [-0.2, -0.15) is 13.2 Å². The van der Waals surface area contributed by atoms with Crippen LogP contribution < -0.4 is 10.0 Å². The van der Waals surface area contributed by atoms with E-state index in [4.69, 9.17) is 0 Å². The van der Waals surface area contributed by atoms with E-state index in [0.29, 0.717) is 19.4 Å². The zero-order chi connectivity index (χ0) is 16.5. The Kier molecular flexibility index (Phi) is 6.48. The summed E-state index contributed by atoms with van der Waals surface area (Å²) < 4.78 is 65.3. The second kappa shape index (κ2) is 7.38. The summed E-state index contributed by atoms with van der Waals surface area (Å²) in [6.07, 6.45) is -3.17. The van der Waals surface area contributed by atoms with Crippen molar-refractivity contribution in [1.29, 1.82) is 0 Å². The summed E-state index contributed by atoms with van der Waals surface area (Å²) in [5, 5.41) is 3.21. The third-order valence-corrected chi connectivity index (χ3v) is 5.42. The summed E-state index contributed by atoms with van der Waals surface area (Å²) in [4.78, 5) is -0.105. The van der Waals surface area contributed by atoms with E-state index in [1.807, 2.05) is 6.92 Å². The minimum Gasteiger partial charge on any atom is -0.314 e. The highest BCUT2D eigenvalue weighted by molar-refractivity contribution is 7.89. The fourth-order valence-corrected chi connectivity index (χ4v) is 4.16. The minimum atomic E-state index is -4.48. The maximum atomic E-state index is 12.6. The van der Waals surface area contributed by atoms with Crippen molar-refractivity contribution >= 4 is 22.4 Å². The molecule has 2 unspecified atom stereocenters. The molecule has 2 rings (SSSR count). The van der Waals surface area contributed by atoms with Crippen LogP contribution in [0.1, 0.15) is 30.9 Å². The Labute approximate surface area is 140 Å². The SMILES string of the molecule is Cc1cc(C(F)(F)F)ccc1S(=O)(=O)NC1CCNC(C)C1.Cl. The molecule has 23 heavy (non-hydrogen) atoms. The van der Waals surface area contributed by atoms with E-state index in [-0.39, 0.29) is 34.9 Å². The molecule has 0 spiro atoms. The lowest BCUT2D eigenvalue weighted by molar-refractivity contribution is -0.137. The topological polar surface area (TPSA) is 58.2 Å². The maximum absolute atomic E-state index is 12.6. The molecule has 4 nitrogen and oxygen atoms in total. The molecule has 1 saturated heterocycles. The van der Waals surface area contributed by atoms with E-state index in [0.717, 1.165) is 18.2 Å². The van der Waals surface area contributed by atoms with Crippen molar-refractivity contribution in [3.8, 4) is 0 Å². The van der Waals surface area contributed by atoms with Crippen molar-refractivity contribution in [2.24, 2.45) is 0 Å². The van der Waals surface area contributed by atoms with Gasteiger partial charge in [-0.1, -0.05) is 0 Å². The molecule has 132 valence electrons. The molecule has 0 aliphatic carbocycles. The fraction of sp³-hybridized carbons (Fsp3) is 0.571. The maximum Gasteiger partial charge on any atom is 0.416 e. The molecular weight excluding hydrogens is 353 g/mol. The average molecular weight is 373 g/mol. The number of rotatable bonds is 3. The van der Waals surface area contributed by atoms with Crippen molar-refractivity contribution < 1.29 is 21.6 Å². The van der Waals surface area contributed by atoms with E-state index in [1.165, 1.54) is 6.92 Å². The molecule has 2 atom stereocenters. The van der Waals surface area contributed by atoms with Gasteiger partial charge in [0.25, 0.3) is 0 Å². The van der Waals surface area contributed by atoms with Crippen LogP contribution in [-0.2, 0) is 16.2 Å². The zero-order valence-corrected chi connectivity index (χ0v) is 14.4. The summed E-state index contributed by atoms with van der Waals surface area (Å²) in [5.74, 6) is 0. The Morgan fingerprint density at radius 3 is 2.48 bits per heavy atom. The zero-order valence-electron chi connectivity index (χ0n) is 12.8. The molecule has 1 aromatic rings. The van der Waals surface area contributed by atoms with Gasteiger partial charge in [0.05, 0.1) is 10.5 Å². The third-order valence-electron chi connectivity index (χ3n) is 3.74. The highest BCUT2D eigenvalue weighted by Gasteiger charge is 2.32. The van der Waals surface area contributed by atoms with Crippen LogP contribution in [0.15, 0.2) is 23.1 Å². The normalized spacial score (nSPS) is 22.5. The Balaban J connectivity index is 0.00000264. The first-order valence-electron chi connectivity index (χ1n) is 7.03. The van der Waals surface area contributed by atoms with Crippen molar-refractivity contribution in [1.82, 2.24) is 10.0 Å². The molecule has 9 heteroatoms. The van der Waals surface area contributed by atoms with Crippen LogP contribution in [0, 0.1) is 6.92 Å². The van der Waals surface area contributed by atoms with Gasteiger partial charge in [0.2, 0.25) is 10.0 Å². The van der Waals surface area contributed by atoms with Gasteiger partial charge < -0.3 is 5.32 Å². The summed E-state index contributed by atoms with van der Waals surface area (Å²) >= 11 is 0. The number of hydrogen-bond acceptors (Lipinski definition) is 3. The van der Waals surface area contributed by atoms with Gasteiger partial charge in [0.15, 0.2) is 0 Å². The van der Waals surface area contributed by atoms with Crippen LogP contribution in [0.25, 0.3) is 0 Å². The van der Waals surface area contributed by atoms with Gasteiger partial charge in [-0.25, -0.2) is 13.1 Å². The van der Waals surface area contributed by atoms with Crippen LogP contribution in [0.3, 0.4) is 0 Å². The van der Waals surface area contributed by atoms with Gasteiger partial charge in [-0.15, -0.1) is 12.4 Å². The van der Waals surface area contributed by atoms with Crippen molar-refractivity contribution in [3.05, 3.63) is 29.3 Å². The van der Waals surface area contributed by atoms with E-state index >= 15 is 0 Å². The molecule has 0 radical (unpaired) electrons. The minimum absolute atomic E-state index is 0. The standard InChI is InChI=1S/C14H19F3N2O2S.ClH/c1-9-7-11(14(15,16)17)3-4-13(9)22(20,21)19-12-5-6-18-10(2)8-12;/h3-4,7,10,12,18-19H,5-6,8H2,1-2H3;1H. The Morgan fingerprint density at radius 2 is 1.96 bits per heavy atom. The first-order valence-corrected chi connectivity index (χ1v) is 8.51.